The molecule has 2 aromatic carbocycles. The largest absolute Gasteiger partial charge is 0.497 e. The van der Waals surface area contributed by atoms with E-state index in [1.807, 2.05) is 13.8 Å². The number of esters is 1. The molecule has 1 amide bonds. The number of carbonyl (C=O) groups is 2. The third kappa shape index (κ3) is 6.50. The second-order valence-electron chi connectivity index (χ2n) is 5.76. The van der Waals surface area contributed by atoms with Gasteiger partial charge in [-0.1, -0.05) is 12.1 Å². The van der Waals surface area contributed by atoms with Crippen LogP contribution >= 0.6 is 0 Å². The van der Waals surface area contributed by atoms with Crippen LogP contribution in [0.1, 0.15) is 19.4 Å². The number of anilines is 1. The van der Waals surface area contributed by atoms with E-state index in [-0.39, 0.29) is 13.0 Å². The minimum Gasteiger partial charge on any atom is -0.497 e. The predicted molar refractivity (Wildman–Crippen MR) is 105 cm³/mol. The minimum absolute atomic E-state index is 0.0782. The van der Waals surface area contributed by atoms with Gasteiger partial charge in [-0.2, -0.15) is 0 Å². The highest BCUT2D eigenvalue weighted by Crippen LogP contribution is 2.30. The van der Waals surface area contributed by atoms with E-state index in [2.05, 4.69) is 5.32 Å². The van der Waals surface area contributed by atoms with Gasteiger partial charge in [-0.25, -0.2) is 0 Å². The van der Waals surface area contributed by atoms with Crippen molar-refractivity contribution < 1.29 is 28.5 Å². The molecule has 0 spiro atoms. The van der Waals surface area contributed by atoms with Gasteiger partial charge >= 0.3 is 5.97 Å². The number of nitrogens with one attached hydrogen (secondary N) is 1. The Kier molecular flexibility index (Phi) is 8.14. The molecule has 0 bridgehead atoms. The molecule has 28 heavy (non-hydrogen) atoms. The molecule has 0 unspecified atom stereocenters. The molecule has 0 heterocycles. The zero-order valence-electron chi connectivity index (χ0n) is 16.3. The van der Waals surface area contributed by atoms with Crippen LogP contribution in [0.25, 0.3) is 0 Å². The van der Waals surface area contributed by atoms with Crippen LogP contribution < -0.4 is 19.5 Å². The van der Waals surface area contributed by atoms with E-state index < -0.39 is 11.9 Å². The van der Waals surface area contributed by atoms with E-state index in [0.29, 0.717) is 36.1 Å². The molecule has 0 aliphatic carbocycles. The first-order chi connectivity index (χ1) is 13.5. The van der Waals surface area contributed by atoms with Gasteiger partial charge in [0.2, 0.25) is 0 Å². The van der Waals surface area contributed by atoms with Crippen molar-refractivity contribution >= 4 is 17.6 Å². The highest BCUT2D eigenvalue weighted by molar-refractivity contribution is 5.93. The smallest absolute Gasteiger partial charge is 0.310 e. The summed E-state index contributed by atoms with van der Waals surface area (Å²) in [4.78, 5) is 24.0. The van der Waals surface area contributed by atoms with Crippen LogP contribution in [0.4, 0.5) is 5.69 Å². The lowest BCUT2D eigenvalue weighted by Gasteiger charge is -2.13. The van der Waals surface area contributed by atoms with Crippen LogP contribution in [0.2, 0.25) is 0 Å². The Morgan fingerprint density at radius 2 is 1.61 bits per heavy atom. The summed E-state index contributed by atoms with van der Waals surface area (Å²) < 4.78 is 21.1. The highest BCUT2D eigenvalue weighted by atomic mass is 16.5. The van der Waals surface area contributed by atoms with Crippen LogP contribution in [-0.2, 0) is 20.7 Å². The average molecular weight is 387 g/mol. The third-order valence-corrected chi connectivity index (χ3v) is 3.70. The molecule has 0 aliphatic heterocycles. The maximum Gasteiger partial charge on any atom is 0.310 e. The zero-order valence-corrected chi connectivity index (χ0v) is 16.3. The van der Waals surface area contributed by atoms with Gasteiger partial charge < -0.3 is 24.3 Å². The van der Waals surface area contributed by atoms with Crippen LogP contribution in [0, 0.1) is 0 Å². The topological polar surface area (TPSA) is 83.1 Å². The minimum atomic E-state index is -0.484. The number of hydrogen-bond acceptors (Lipinski definition) is 6. The summed E-state index contributed by atoms with van der Waals surface area (Å²) in [7, 11) is 1.57. The highest BCUT2D eigenvalue weighted by Gasteiger charge is 2.11. The summed E-state index contributed by atoms with van der Waals surface area (Å²) in [5.41, 5.74) is 1.31. The maximum atomic E-state index is 12.1. The number of rotatable bonds is 10. The van der Waals surface area contributed by atoms with Crippen molar-refractivity contribution in [1.82, 2.24) is 0 Å². The van der Waals surface area contributed by atoms with Gasteiger partial charge in [-0.05, 0) is 43.7 Å². The van der Waals surface area contributed by atoms with E-state index in [1.165, 1.54) is 0 Å². The second-order valence-corrected chi connectivity index (χ2v) is 5.76. The Balaban J connectivity index is 1.85. The molecular formula is C21H25NO6. The summed E-state index contributed by atoms with van der Waals surface area (Å²) in [6.45, 7) is 4.36. The van der Waals surface area contributed by atoms with Gasteiger partial charge in [0.25, 0.3) is 5.91 Å². The number of methoxy groups -OCH3 is 1. The molecule has 0 aromatic heterocycles. The summed E-state index contributed by atoms with van der Waals surface area (Å²) in [5.74, 6) is 0.932. The van der Waals surface area contributed by atoms with Crippen molar-refractivity contribution in [2.75, 3.05) is 32.2 Å². The van der Waals surface area contributed by atoms with Crippen molar-refractivity contribution in [1.29, 1.82) is 0 Å². The molecule has 7 nitrogen and oxygen atoms in total. The standard InChI is InChI=1S/C21H25NO6/c1-4-26-18-11-8-16(13-19(18)27-5-2)22-20(23)14-28-21(24)12-15-6-9-17(25-3)10-7-15/h6-11,13H,4-5,12,14H2,1-3H3,(H,22,23). The fraction of sp³-hybridized carbons (Fsp3) is 0.333. The predicted octanol–water partition coefficient (Wildman–Crippen LogP) is 3.22. The summed E-state index contributed by atoms with van der Waals surface area (Å²) in [6.07, 6.45) is 0.0782. The molecule has 0 saturated carbocycles. The van der Waals surface area contributed by atoms with Gasteiger partial charge in [0.1, 0.15) is 5.75 Å². The Morgan fingerprint density at radius 3 is 2.25 bits per heavy atom. The summed E-state index contributed by atoms with van der Waals surface area (Å²) in [5, 5.41) is 2.68. The third-order valence-electron chi connectivity index (χ3n) is 3.70. The van der Waals surface area contributed by atoms with Crippen LogP contribution in [0.5, 0.6) is 17.2 Å². The van der Waals surface area contributed by atoms with Crippen LogP contribution in [0.3, 0.4) is 0 Å². The summed E-state index contributed by atoms with van der Waals surface area (Å²) >= 11 is 0. The van der Waals surface area contributed by atoms with E-state index >= 15 is 0 Å². The van der Waals surface area contributed by atoms with E-state index in [1.54, 1.807) is 49.6 Å². The molecule has 2 aromatic rings. The monoisotopic (exact) mass is 387 g/mol. The Hall–Kier alpha value is -3.22. The molecule has 0 saturated heterocycles. The second kappa shape index (κ2) is 10.8. The fourth-order valence-corrected chi connectivity index (χ4v) is 2.43. The number of amides is 1. The normalized spacial score (nSPS) is 10.1. The zero-order chi connectivity index (χ0) is 20.4. The van der Waals surface area contributed by atoms with E-state index in [0.717, 1.165) is 5.56 Å². The van der Waals surface area contributed by atoms with Gasteiger partial charge in [-0.15, -0.1) is 0 Å². The van der Waals surface area contributed by atoms with E-state index in [9.17, 15) is 9.59 Å². The van der Waals surface area contributed by atoms with Gasteiger partial charge in [0.15, 0.2) is 18.1 Å². The molecule has 0 atom stereocenters. The van der Waals surface area contributed by atoms with Crippen molar-refractivity contribution in [2.45, 2.75) is 20.3 Å². The first kappa shape index (κ1) is 21.1. The number of benzene rings is 2. The molecule has 7 heteroatoms. The first-order valence-electron chi connectivity index (χ1n) is 9.03. The molecule has 0 fully saturated rings. The lowest BCUT2D eigenvalue weighted by Crippen LogP contribution is -2.21. The van der Waals surface area contributed by atoms with Crippen molar-refractivity contribution in [3.63, 3.8) is 0 Å². The molecule has 150 valence electrons. The molecular weight excluding hydrogens is 362 g/mol. The molecule has 2 rings (SSSR count). The number of hydrogen-bond donors (Lipinski definition) is 1. The molecule has 0 radical (unpaired) electrons. The van der Waals surface area contributed by atoms with Crippen molar-refractivity contribution in [2.24, 2.45) is 0 Å². The quantitative estimate of drug-likeness (QED) is 0.631. The SMILES string of the molecule is CCOc1ccc(NC(=O)COC(=O)Cc2ccc(OC)cc2)cc1OCC. The lowest BCUT2D eigenvalue weighted by molar-refractivity contribution is -0.146. The van der Waals surface area contributed by atoms with Crippen molar-refractivity contribution in [3.8, 4) is 17.2 Å². The number of ether oxygens (including phenoxy) is 4. The Morgan fingerprint density at radius 1 is 0.929 bits per heavy atom. The average Bonchev–Trinajstić information content (AvgIpc) is 2.69. The summed E-state index contributed by atoms with van der Waals surface area (Å²) in [6, 6.07) is 12.2. The van der Waals surface area contributed by atoms with Crippen LogP contribution in [-0.4, -0.2) is 38.8 Å². The molecule has 1 N–H and O–H groups in total. The number of carbonyl (C=O) groups excluding carboxylic acids is 2. The van der Waals surface area contributed by atoms with E-state index in [4.69, 9.17) is 18.9 Å². The van der Waals surface area contributed by atoms with Gasteiger partial charge in [0.05, 0.1) is 26.7 Å². The lowest BCUT2D eigenvalue weighted by atomic mass is 10.1. The van der Waals surface area contributed by atoms with Crippen molar-refractivity contribution in [3.05, 3.63) is 48.0 Å². The first-order valence-corrected chi connectivity index (χ1v) is 9.03. The van der Waals surface area contributed by atoms with Gasteiger partial charge in [0, 0.05) is 11.8 Å². The van der Waals surface area contributed by atoms with Crippen LogP contribution in [0.15, 0.2) is 42.5 Å². The Bertz CT molecular complexity index is 788. The fourth-order valence-electron chi connectivity index (χ4n) is 2.43. The Labute approximate surface area is 164 Å². The maximum absolute atomic E-state index is 12.1. The molecule has 0 aliphatic rings. The van der Waals surface area contributed by atoms with Gasteiger partial charge in [-0.3, -0.25) is 9.59 Å².